The lowest BCUT2D eigenvalue weighted by Gasteiger charge is -2.21. The van der Waals surface area contributed by atoms with Crippen LogP contribution in [0.1, 0.15) is 74.9 Å². The summed E-state index contributed by atoms with van der Waals surface area (Å²) in [5.41, 5.74) is 28.2. The summed E-state index contributed by atoms with van der Waals surface area (Å²) in [5.74, 6) is 2.29. The molecule has 0 saturated heterocycles. The molecule has 20 aromatic rings. The molecule has 0 aliphatic heterocycles. The molecule has 0 N–H and O–H groups in total. The summed E-state index contributed by atoms with van der Waals surface area (Å²) in [6.07, 6.45) is 0. The van der Waals surface area contributed by atoms with Crippen molar-refractivity contribution in [3.63, 3.8) is 0 Å². The molecular weight excluding hydrogens is 1370 g/mol. The Labute approximate surface area is 656 Å². The summed E-state index contributed by atoms with van der Waals surface area (Å²) >= 11 is 0. The standard InChI is InChI=1S/2C37H26N2.C33H24N2/c1-37(2)29-18-9-8-16-27(29)33-30(37)21-19-24-14-10-17-28(32(24)33)36-38-31-22-20-23-11-6-7-15-26(23)34(31)35(39-36)25-12-4-3-5-13-25;1-37(2)30-18-9-8-16-27(30)33-31(37)22-20-24-14-10-17-28(32(24)33)36-38-34(25-12-4-3-5-13-25)29-21-19-23-11-6-7-15-26(23)35(29)39-36;1-33(2)26-17-8-6-14-23(26)30-27(33)20-19-21-13-10-16-25(29(21)30)32-34-28-18-9-7-15-24(28)31(35-32)22-11-4-3-5-12-22/h2*3-22H,1-2H3;3-20H,1-2H3. The Morgan fingerprint density at radius 3 is 0.991 bits per heavy atom. The van der Waals surface area contributed by atoms with Gasteiger partial charge in [-0.3, -0.25) is 0 Å². The number of hydrogen-bond acceptors (Lipinski definition) is 6. The first-order valence-corrected chi connectivity index (χ1v) is 39.2. The number of nitrogens with zero attached hydrogens (tertiary/aromatic N) is 6. The molecule has 3 aliphatic rings. The maximum Gasteiger partial charge on any atom is 0.161 e. The maximum absolute atomic E-state index is 5.35. The van der Waals surface area contributed by atoms with E-state index in [9.17, 15) is 0 Å². The molecule has 17 aromatic carbocycles. The van der Waals surface area contributed by atoms with Crippen molar-refractivity contribution in [2.75, 3.05) is 0 Å². The normalized spacial score (nSPS) is 13.6. The topological polar surface area (TPSA) is 77.3 Å². The number of fused-ring (bicyclic) bond motifs is 22. The third-order valence-corrected chi connectivity index (χ3v) is 24.4. The van der Waals surface area contributed by atoms with Gasteiger partial charge in [0.05, 0.1) is 33.6 Å². The average molecular weight is 1450 g/mol. The molecule has 3 aromatic heterocycles. The maximum atomic E-state index is 5.35. The van der Waals surface area contributed by atoms with Gasteiger partial charge in [-0.2, -0.15) is 0 Å². The van der Waals surface area contributed by atoms with E-state index in [1.165, 1.54) is 115 Å². The van der Waals surface area contributed by atoms with E-state index in [-0.39, 0.29) is 16.2 Å². The molecule has 6 heteroatoms. The van der Waals surface area contributed by atoms with Gasteiger partial charge in [-0.05, 0) is 117 Å². The third kappa shape index (κ3) is 10.7. The van der Waals surface area contributed by atoms with Gasteiger partial charge >= 0.3 is 0 Å². The highest BCUT2D eigenvalue weighted by Gasteiger charge is 2.40. The molecule has 23 rings (SSSR count). The van der Waals surface area contributed by atoms with Gasteiger partial charge in [-0.1, -0.05) is 375 Å². The van der Waals surface area contributed by atoms with Crippen molar-refractivity contribution in [1.82, 2.24) is 29.9 Å². The van der Waals surface area contributed by atoms with Crippen molar-refractivity contribution in [2.24, 2.45) is 0 Å². The predicted molar refractivity (Wildman–Crippen MR) is 471 cm³/mol. The zero-order valence-corrected chi connectivity index (χ0v) is 63.7. The number of hydrogen-bond donors (Lipinski definition) is 0. The van der Waals surface area contributed by atoms with Crippen LogP contribution >= 0.6 is 0 Å². The quantitative estimate of drug-likeness (QED) is 0.154. The molecule has 0 spiro atoms. The van der Waals surface area contributed by atoms with E-state index in [0.29, 0.717) is 0 Å². The predicted octanol–water partition coefficient (Wildman–Crippen LogP) is 27.6. The van der Waals surface area contributed by atoms with E-state index in [0.717, 1.165) is 106 Å². The minimum atomic E-state index is -0.0666. The molecule has 6 nitrogen and oxygen atoms in total. The van der Waals surface area contributed by atoms with Crippen LogP contribution in [0.25, 0.3) is 188 Å². The molecule has 0 amide bonds. The smallest absolute Gasteiger partial charge is 0.161 e. The Hall–Kier alpha value is -13.9. The fourth-order valence-electron chi connectivity index (χ4n) is 18.9. The number of benzene rings is 17. The van der Waals surface area contributed by atoms with Gasteiger partial charge in [0.15, 0.2) is 17.5 Å². The van der Waals surface area contributed by atoms with Crippen LogP contribution in [-0.2, 0) is 16.2 Å². The lowest BCUT2D eigenvalue weighted by atomic mass is 9.82. The molecule has 0 bridgehead atoms. The van der Waals surface area contributed by atoms with Gasteiger partial charge in [-0.25, -0.2) is 29.9 Å². The SMILES string of the molecule is CC1(C)c2ccccc2-c2c1ccc1cccc(-c3nc(-c4ccccc4)c4c(ccc5ccccc54)n3)c21.CC1(C)c2ccccc2-c2c1ccc1cccc(-c3nc(-c4ccccc4)c4ccc5ccccc5c4n3)c21.CC1(C)c2ccccc2-c2c1ccc1cccc(-c3nc(-c4ccccc4)c4ccccc4n3)c21. The highest BCUT2D eigenvalue weighted by Crippen LogP contribution is 2.57. The van der Waals surface area contributed by atoms with Crippen molar-refractivity contribution in [2.45, 2.75) is 57.8 Å². The van der Waals surface area contributed by atoms with Crippen molar-refractivity contribution in [3.8, 4) is 101 Å². The van der Waals surface area contributed by atoms with Gasteiger partial charge < -0.3 is 0 Å². The van der Waals surface area contributed by atoms with E-state index < -0.39 is 0 Å². The van der Waals surface area contributed by atoms with E-state index in [4.69, 9.17) is 29.9 Å². The molecule has 0 fully saturated rings. The summed E-state index contributed by atoms with van der Waals surface area (Å²) in [7, 11) is 0. The summed E-state index contributed by atoms with van der Waals surface area (Å²) in [6, 6.07) is 125. The number of rotatable bonds is 6. The molecule has 3 aliphatic carbocycles. The second-order valence-electron chi connectivity index (χ2n) is 31.9. The average Bonchev–Trinajstić information content (AvgIpc) is 1.57. The van der Waals surface area contributed by atoms with Crippen LogP contribution in [-0.4, -0.2) is 29.9 Å². The Kier molecular flexibility index (Phi) is 15.5. The molecule has 534 valence electrons. The molecule has 0 radical (unpaired) electrons. The van der Waals surface area contributed by atoms with Crippen molar-refractivity contribution >= 4 is 86.6 Å². The third-order valence-electron chi connectivity index (χ3n) is 24.4. The van der Waals surface area contributed by atoms with Gasteiger partial charge in [0.2, 0.25) is 0 Å². The first-order chi connectivity index (χ1) is 55.3. The molecule has 113 heavy (non-hydrogen) atoms. The number of para-hydroxylation sites is 1. The van der Waals surface area contributed by atoms with E-state index in [1.807, 2.05) is 12.1 Å². The molecular formula is C107H76N6. The van der Waals surface area contributed by atoms with E-state index >= 15 is 0 Å². The minimum Gasteiger partial charge on any atom is -0.228 e. The first-order valence-electron chi connectivity index (χ1n) is 39.2. The van der Waals surface area contributed by atoms with Crippen LogP contribution < -0.4 is 0 Å². The summed E-state index contributed by atoms with van der Waals surface area (Å²) in [4.78, 5) is 31.5. The number of aromatic nitrogens is 6. The zero-order valence-electron chi connectivity index (χ0n) is 63.7. The van der Waals surface area contributed by atoms with Crippen LogP contribution in [0.3, 0.4) is 0 Å². The second kappa shape index (κ2) is 26.1. The highest BCUT2D eigenvalue weighted by molar-refractivity contribution is 6.17. The first kappa shape index (κ1) is 67.2. The van der Waals surface area contributed by atoms with Gasteiger partial charge in [0, 0.05) is 87.3 Å². The molecule has 0 saturated carbocycles. The Morgan fingerprint density at radius 1 is 0.186 bits per heavy atom. The van der Waals surface area contributed by atoms with Crippen LogP contribution in [0.2, 0.25) is 0 Å². The lowest BCUT2D eigenvalue weighted by molar-refractivity contribution is 0.660. The van der Waals surface area contributed by atoms with E-state index in [2.05, 4.69) is 381 Å². The lowest BCUT2D eigenvalue weighted by Crippen LogP contribution is -2.14. The minimum absolute atomic E-state index is 0.0489. The Morgan fingerprint density at radius 2 is 0.513 bits per heavy atom. The van der Waals surface area contributed by atoms with Gasteiger partial charge in [0.1, 0.15) is 0 Å². The van der Waals surface area contributed by atoms with E-state index in [1.54, 1.807) is 0 Å². The Bertz CT molecular complexity index is 7330. The Balaban J connectivity index is 0.000000107. The molecule has 3 heterocycles. The second-order valence-corrected chi connectivity index (χ2v) is 31.9. The fraction of sp³-hybridized carbons (Fsp3) is 0.0841. The summed E-state index contributed by atoms with van der Waals surface area (Å²) < 4.78 is 0. The summed E-state index contributed by atoms with van der Waals surface area (Å²) in [5, 5.41) is 15.3. The van der Waals surface area contributed by atoms with Crippen molar-refractivity contribution in [1.29, 1.82) is 0 Å². The monoisotopic (exact) mass is 1440 g/mol. The molecule has 0 atom stereocenters. The van der Waals surface area contributed by atoms with Crippen molar-refractivity contribution in [3.05, 3.63) is 385 Å². The van der Waals surface area contributed by atoms with Gasteiger partial charge in [-0.15, -0.1) is 0 Å². The van der Waals surface area contributed by atoms with Crippen LogP contribution in [0, 0.1) is 0 Å². The van der Waals surface area contributed by atoms with Crippen LogP contribution in [0.5, 0.6) is 0 Å². The van der Waals surface area contributed by atoms with Crippen LogP contribution in [0.4, 0.5) is 0 Å². The largest absolute Gasteiger partial charge is 0.228 e. The van der Waals surface area contributed by atoms with Gasteiger partial charge in [0.25, 0.3) is 0 Å². The fourth-order valence-corrected chi connectivity index (χ4v) is 18.9. The van der Waals surface area contributed by atoms with Crippen molar-refractivity contribution < 1.29 is 0 Å². The summed E-state index contributed by atoms with van der Waals surface area (Å²) in [6.45, 7) is 14.0. The highest BCUT2D eigenvalue weighted by atomic mass is 14.9. The zero-order chi connectivity index (χ0) is 75.8. The molecule has 0 unspecified atom stereocenters. The van der Waals surface area contributed by atoms with Crippen LogP contribution in [0.15, 0.2) is 352 Å².